The zero-order valence-electron chi connectivity index (χ0n) is 11.5. The molecular formula is C13H20BrN5O. The second kappa shape index (κ2) is 7.01. The van der Waals surface area contributed by atoms with Crippen LogP contribution in [0.1, 0.15) is 23.7 Å². The Hall–Kier alpha value is -1.18. The Balaban J connectivity index is 1.93. The molecule has 4 N–H and O–H groups in total. The van der Waals surface area contributed by atoms with Gasteiger partial charge in [0.25, 0.3) is 5.91 Å². The van der Waals surface area contributed by atoms with Crippen LogP contribution in [0.25, 0.3) is 0 Å². The molecule has 6 nitrogen and oxygen atoms in total. The van der Waals surface area contributed by atoms with Crippen molar-refractivity contribution in [1.82, 2.24) is 15.2 Å². The number of nitrogens with two attached hydrogens (primary N) is 1. The lowest BCUT2D eigenvalue weighted by molar-refractivity contribution is 0.0948. The molecule has 0 aliphatic carbocycles. The topological polar surface area (TPSA) is 83.3 Å². The molecular weight excluding hydrogens is 322 g/mol. The first-order valence-electron chi connectivity index (χ1n) is 6.76. The fourth-order valence-corrected chi connectivity index (χ4v) is 2.76. The quantitative estimate of drug-likeness (QED) is 0.553. The summed E-state index contributed by atoms with van der Waals surface area (Å²) in [5, 5.41) is 2.97. The number of hydrazine groups is 1. The van der Waals surface area contributed by atoms with E-state index in [1.54, 1.807) is 12.3 Å². The van der Waals surface area contributed by atoms with E-state index in [0.29, 0.717) is 23.8 Å². The molecule has 0 spiro atoms. The zero-order chi connectivity index (χ0) is 14.5. The Morgan fingerprint density at radius 3 is 3.10 bits per heavy atom. The van der Waals surface area contributed by atoms with Gasteiger partial charge in [-0.3, -0.25) is 4.79 Å². The van der Waals surface area contributed by atoms with Gasteiger partial charge in [0.05, 0.1) is 5.56 Å². The maximum atomic E-state index is 12.2. The van der Waals surface area contributed by atoms with Gasteiger partial charge in [-0.05, 0) is 47.4 Å². The monoisotopic (exact) mass is 341 g/mol. The minimum Gasteiger partial charge on any atom is -0.352 e. The van der Waals surface area contributed by atoms with Crippen molar-refractivity contribution in [1.29, 1.82) is 0 Å². The van der Waals surface area contributed by atoms with Gasteiger partial charge >= 0.3 is 0 Å². The second-order valence-corrected chi connectivity index (χ2v) is 5.87. The van der Waals surface area contributed by atoms with Crippen molar-refractivity contribution < 1.29 is 4.79 Å². The van der Waals surface area contributed by atoms with E-state index in [1.807, 2.05) is 0 Å². The smallest absolute Gasteiger partial charge is 0.255 e. The van der Waals surface area contributed by atoms with Crippen molar-refractivity contribution in [3.8, 4) is 0 Å². The predicted octanol–water partition coefficient (Wildman–Crippen LogP) is 1.20. The highest BCUT2D eigenvalue weighted by molar-refractivity contribution is 9.10. The third-order valence-electron chi connectivity index (χ3n) is 3.60. The fourth-order valence-electron chi connectivity index (χ4n) is 2.43. The Bertz CT molecular complexity index is 482. The summed E-state index contributed by atoms with van der Waals surface area (Å²) in [6.45, 7) is 6.08. The van der Waals surface area contributed by atoms with Crippen LogP contribution in [0.4, 0.5) is 5.82 Å². The molecule has 1 saturated heterocycles. The maximum absolute atomic E-state index is 12.2. The molecule has 0 radical (unpaired) electrons. The molecule has 7 heteroatoms. The number of likely N-dealkylation sites (tertiary alicyclic amines) is 1. The summed E-state index contributed by atoms with van der Waals surface area (Å²) in [6, 6.07) is 1.71. The number of halogens is 1. The summed E-state index contributed by atoms with van der Waals surface area (Å²) in [7, 11) is 0. The summed E-state index contributed by atoms with van der Waals surface area (Å²) in [5.74, 6) is 6.13. The van der Waals surface area contributed by atoms with Gasteiger partial charge in [-0.25, -0.2) is 10.8 Å². The van der Waals surface area contributed by atoms with Crippen LogP contribution in [0.2, 0.25) is 0 Å². The highest BCUT2D eigenvalue weighted by Crippen LogP contribution is 2.18. The zero-order valence-corrected chi connectivity index (χ0v) is 13.1. The average Bonchev–Trinajstić information content (AvgIpc) is 2.92. The van der Waals surface area contributed by atoms with Gasteiger partial charge in [-0.1, -0.05) is 6.92 Å². The predicted molar refractivity (Wildman–Crippen MR) is 82.3 cm³/mol. The molecule has 0 bridgehead atoms. The summed E-state index contributed by atoms with van der Waals surface area (Å²) in [4.78, 5) is 18.7. The Morgan fingerprint density at radius 2 is 2.45 bits per heavy atom. The van der Waals surface area contributed by atoms with E-state index in [-0.39, 0.29) is 5.91 Å². The Kier molecular flexibility index (Phi) is 5.33. The van der Waals surface area contributed by atoms with Crippen LogP contribution in [-0.2, 0) is 0 Å². The van der Waals surface area contributed by atoms with Crippen LogP contribution in [0.3, 0.4) is 0 Å². The molecule has 1 aliphatic rings. The van der Waals surface area contributed by atoms with Gasteiger partial charge in [-0.2, -0.15) is 0 Å². The number of hydrogen-bond acceptors (Lipinski definition) is 5. The van der Waals surface area contributed by atoms with E-state index < -0.39 is 0 Å². The van der Waals surface area contributed by atoms with Crippen molar-refractivity contribution in [2.45, 2.75) is 13.3 Å². The number of anilines is 1. The van der Waals surface area contributed by atoms with Gasteiger partial charge in [0.1, 0.15) is 0 Å². The molecule has 2 rings (SSSR count). The summed E-state index contributed by atoms with van der Waals surface area (Å²) < 4.78 is 0.750. The lowest BCUT2D eigenvalue weighted by Crippen LogP contribution is -2.32. The summed E-state index contributed by atoms with van der Waals surface area (Å²) >= 11 is 3.31. The largest absolute Gasteiger partial charge is 0.352 e. The number of carbonyl (C=O) groups excluding carboxylic acids is 1. The molecule has 2 heterocycles. The molecule has 1 aromatic heterocycles. The Labute approximate surface area is 127 Å². The van der Waals surface area contributed by atoms with E-state index >= 15 is 0 Å². The molecule has 0 saturated carbocycles. The number of rotatable bonds is 5. The van der Waals surface area contributed by atoms with Crippen molar-refractivity contribution in [2.24, 2.45) is 11.8 Å². The third kappa shape index (κ3) is 3.68. The first-order valence-corrected chi connectivity index (χ1v) is 7.56. The van der Waals surface area contributed by atoms with Crippen molar-refractivity contribution in [3.63, 3.8) is 0 Å². The molecule has 1 unspecified atom stereocenters. The summed E-state index contributed by atoms with van der Waals surface area (Å²) in [6.07, 6.45) is 2.73. The van der Waals surface area contributed by atoms with Gasteiger partial charge in [0, 0.05) is 23.8 Å². The van der Waals surface area contributed by atoms with E-state index in [2.05, 4.69) is 43.5 Å². The lowest BCUT2D eigenvalue weighted by atomic mass is 10.1. The van der Waals surface area contributed by atoms with Gasteiger partial charge in [0.2, 0.25) is 0 Å². The first kappa shape index (κ1) is 15.2. The van der Waals surface area contributed by atoms with Gasteiger partial charge in [-0.15, -0.1) is 0 Å². The highest BCUT2D eigenvalue weighted by atomic mass is 79.9. The number of pyridine rings is 1. The van der Waals surface area contributed by atoms with E-state index in [1.165, 1.54) is 0 Å². The molecule has 1 aliphatic heterocycles. The van der Waals surface area contributed by atoms with Gasteiger partial charge < -0.3 is 15.6 Å². The van der Waals surface area contributed by atoms with Crippen LogP contribution < -0.4 is 16.6 Å². The number of aromatic nitrogens is 1. The number of nitrogens with one attached hydrogen (secondary N) is 2. The number of hydrogen-bond donors (Lipinski definition) is 3. The fraction of sp³-hybridized carbons (Fsp3) is 0.538. The molecule has 0 aromatic carbocycles. The van der Waals surface area contributed by atoms with Crippen LogP contribution in [0.15, 0.2) is 16.7 Å². The minimum absolute atomic E-state index is 0.151. The van der Waals surface area contributed by atoms with Crippen molar-refractivity contribution >= 4 is 27.7 Å². The molecule has 1 amide bonds. The Morgan fingerprint density at radius 1 is 1.65 bits per heavy atom. The van der Waals surface area contributed by atoms with E-state index in [9.17, 15) is 4.79 Å². The average molecular weight is 342 g/mol. The van der Waals surface area contributed by atoms with Crippen molar-refractivity contribution in [2.75, 3.05) is 31.6 Å². The van der Waals surface area contributed by atoms with E-state index in [0.717, 1.165) is 30.5 Å². The van der Waals surface area contributed by atoms with Crippen LogP contribution in [0.5, 0.6) is 0 Å². The lowest BCUT2D eigenvalue weighted by Gasteiger charge is -2.14. The number of nitrogens with zero attached hydrogens (tertiary/aromatic N) is 2. The molecule has 1 aromatic rings. The maximum Gasteiger partial charge on any atom is 0.255 e. The number of amides is 1. The molecule has 1 fully saturated rings. The van der Waals surface area contributed by atoms with Crippen LogP contribution in [-0.4, -0.2) is 42.0 Å². The number of carbonyl (C=O) groups is 1. The van der Waals surface area contributed by atoms with E-state index in [4.69, 9.17) is 5.84 Å². The normalized spacial score (nSPS) is 19.1. The molecule has 110 valence electrons. The van der Waals surface area contributed by atoms with Gasteiger partial charge in [0.15, 0.2) is 5.82 Å². The highest BCUT2D eigenvalue weighted by Gasteiger charge is 2.22. The second-order valence-electron chi connectivity index (χ2n) is 4.95. The molecule has 20 heavy (non-hydrogen) atoms. The summed E-state index contributed by atoms with van der Waals surface area (Å²) in [5.41, 5.74) is 2.90. The van der Waals surface area contributed by atoms with Crippen molar-refractivity contribution in [3.05, 3.63) is 22.3 Å². The first-order chi connectivity index (χ1) is 9.63. The van der Waals surface area contributed by atoms with Crippen LogP contribution >= 0.6 is 15.9 Å². The third-order valence-corrected chi connectivity index (χ3v) is 4.04. The minimum atomic E-state index is -0.151. The molecule has 1 atom stereocenters. The SMILES string of the molecule is CCN1CCC(CNC(=O)c2cc(Br)cnc2NN)C1. The van der Waals surface area contributed by atoms with Crippen LogP contribution in [0, 0.1) is 5.92 Å². The standard InChI is InChI=1S/C13H20BrN5O/c1-2-19-4-3-9(8-19)6-17-13(20)11-5-10(14)7-16-12(11)18-15/h5,7,9H,2-4,6,8,15H2,1H3,(H,16,18)(H,17,20). The number of nitrogen functional groups attached to an aromatic ring is 1.